The molecule has 1 aromatic carbocycles. The van der Waals surface area contributed by atoms with Gasteiger partial charge in [-0.2, -0.15) is 0 Å². The number of nitrogens with one attached hydrogen (secondary N) is 2. The van der Waals surface area contributed by atoms with E-state index in [2.05, 4.69) is 20.3 Å². The number of H-pyrrole nitrogens is 1. The van der Waals surface area contributed by atoms with Crippen molar-refractivity contribution in [3.63, 3.8) is 0 Å². The summed E-state index contributed by atoms with van der Waals surface area (Å²) >= 11 is 0. The molecule has 0 atom stereocenters. The maximum absolute atomic E-state index is 12.0. The van der Waals surface area contributed by atoms with Crippen molar-refractivity contribution in [1.82, 2.24) is 20.3 Å². The van der Waals surface area contributed by atoms with Crippen LogP contribution < -0.4 is 5.32 Å². The number of nitrogens with zero attached hydrogens (tertiary/aromatic N) is 2. The number of rotatable bonds is 3. The average molecular weight is 252 g/mol. The molecule has 2 aromatic heterocycles. The minimum absolute atomic E-state index is 0.123. The molecule has 5 heteroatoms. The van der Waals surface area contributed by atoms with Crippen molar-refractivity contribution < 1.29 is 4.79 Å². The summed E-state index contributed by atoms with van der Waals surface area (Å²) in [6, 6.07) is 9.24. The first-order chi connectivity index (χ1) is 9.33. The van der Waals surface area contributed by atoms with Crippen molar-refractivity contribution in [2.75, 3.05) is 0 Å². The lowest BCUT2D eigenvalue weighted by Crippen LogP contribution is -2.23. The maximum Gasteiger partial charge on any atom is 0.251 e. The first kappa shape index (κ1) is 11.4. The highest BCUT2D eigenvalue weighted by atomic mass is 16.1. The molecular weight excluding hydrogens is 240 g/mol. The molecule has 0 fully saturated rings. The predicted octanol–water partition coefficient (Wildman–Crippen LogP) is 1.89. The van der Waals surface area contributed by atoms with Crippen molar-refractivity contribution in [3.05, 3.63) is 60.3 Å². The fourth-order valence-electron chi connectivity index (χ4n) is 1.88. The molecule has 2 heterocycles. The number of benzene rings is 1. The quantitative estimate of drug-likeness (QED) is 0.747. The zero-order chi connectivity index (χ0) is 13.1. The van der Waals surface area contributed by atoms with Gasteiger partial charge < -0.3 is 10.3 Å². The van der Waals surface area contributed by atoms with Crippen molar-refractivity contribution in [2.45, 2.75) is 6.54 Å². The van der Waals surface area contributed by atoms with E-state index in [4.69, 9.17) is 0 Å². The Kier molecular flexibility index (Phi) is 2.94. The number of fused-ring (bicyclic) bond motifs is 1. The molecule has 3 rings (SSSR count). The largest absolute Gasteiger partial charge is 0.347 e. The molecule has 0 aliphatic carbocycles. The van der Waals surface area contributed by atoms with E-state index < -0.39 is 0 Å². The molecule has 0 aliphatic rings. The lowest BCUT2D eigenvalue weighted by molar-refractivity contribution is 0.0950. The summed E-state index contributed by atoms with van der Waals surface area (Å²) in [7, 11) is 0. The molecule has 0 bridgehead atoms. The number of aromatic amines is 1. The number of carbonyl (C=O) groups is 1. The van der Waals surface area contributed by atoms with Gasteiger partial charge in [0.2, 0.25) is 0 Å². The number of carbonyl (C=O) groups excluding carboxylic acids is 1. The molecule has 5 nitrogen and oxygen atoms in total. The third kappa shape index (κ3) is 2.44. The molecule has 3 aromatic rings. The Morgan fingerprint density at radius 2 is 2.16 bits per heavy atom. The lowest BCUT2D eigenvalue weighted by Gasteiger charge is -2.04. The Hall–Kier alpha value is -2.69. The Labute approximate surface area is 109 Å². The summed E-state index contributed by atoms with van der Waals surface area (Å²) < 4.78 is 0. The van der Waals surface area contributed by atoms with Gasteiger partial charge in [0.25, 0.3) is 5.91 Å². The Bertz CT molecular complexity index is 706. The second kappa shape index (κ2) is 4.89. The van der Waals surface area contributed by atoms with Crippen LogP contribution in [0.1, 0.15) is 16.2 Å². The van der Waals surface area contributed by atoms with Crippen LogP contribution in [-0.4, -0.2) is 20.9 Å². The van der Waals surface area contributed by atoms with E-state index in [0.29, 0.717) is 12.1 Å². The number of pyridine rings is 1. The SMILES string of the molecule is O=C(NCc1ncc[nH]1)c1ccc2ncccc2c1. The van der Waals surface area contributed by atoms with Crippen LogP contribution >= 0.6 is 0 Å². The molecule has 0 saturated carbocycles. The molecule has 0 spiro atoms. The van der Waals surface area contributed by atoms with Gasteiger partial charge in [-0.05, 0) is 24.3 Å². The summed E-state index contributed by atoms with van der Waals surface area (Å²) in [6.07, 6.45) is 5.12. The van der Waals surface area contributed by atoms with Gasteiger partial charge in [0, 0.05) is 29.5 Å². The number of aromatic nitrogens is 3. The molecule has 0 radical (unpaired) electrons. The van der Waals surface area contributed by atoms with Gasteiger partial charge in [0.05, 0.1) is 12.1 Å². The first-order valence-corrected chi connectivity index (χ1v) is 5.94. The van der Waals surface area contributed by atoms with Gasteiger partial charge >= 0.3 is 0 Å². The van der Waals surface area contributed by atoms with Gasteiger partial charge in [-0.15, -0.1) is 0 Å². The number of hydrogen-bond donors (Lipinski definition) is 2. The van der Waals surface area contributed by atoms with Crippen molar-refractivity contribution in [3.8, 4) is 0 Å². The van der Waals surface area contributed by atoms with E-state index in [0.717, 1.165) is 16.7 Å². The minimum Gasteiger partial charge on any atom is -0.347 e. The van der Waals surface area contributed by atoms with E-state index in [-0.39, 0.29) is 5.91 Å². The minimum atomic E-state index is -0.123. The standard InChI is InChI=1S/C14H12N4O/c19-14(18-9-13-16-6-7-17-13)11-3-4-12-10(8-11)2-1-5-15-12/h1-8H,9H2,(H,16,17)(H,18,19). The van der Waals surface area contributed by atoms with Crippen LogP contribution in [-0.2, 0) is 6.54 Å². The van der Waals surface area contributed by atoms with Gasteiger partial charge in [-0.3, -0.25) is 9.78 Å². The highest BCUT2D eigenvalue weighted by Gasteiger charge is 2.06. The van der Waals surface area contributed by atoms with Crippen LogP contribution in [0.2, 0.25) is 0 Å². The van der Waals surface area contributed by atoms with Crippen LogP contribution in [0.25, 0.3) is 10.9 Å². The summed E-state index contributed by atoms with van der Waals surface area (Å²) in [5.74, 6) is 0.609. The second-order valence-electron chi connectivity index (χ2n) is 4.13. The van der Waals surface area contributed by atoms with Gasteiger partial charge in [0.15, 0.2) is 0 Å². The topological polar surface area (TPSA) is 70.7 Å². The van der Waals surface area contributed by atoms with Crippen LogP contribution in [0.15, 0.2) is 48.9 Å². The maximum atomic E-state index is 12.0. The van der Waals surface area contributed by atoms with Crippen LogP contribution in [0.5, 0.6) is 0 Å². The van der Waals surface area contributed by atoms with Gasteiger partial charge in [-0.25, -0.2) is 4.98 Å². The summed E-state index contributed by atoms with van der Waals surface area (Å²) in [6.45, 7) is 0.386. The zero-order valence-electron chi connectivity index (χ0n) is 10.1. The zero-order valence-corrected chi connectivity index (χ0v) is 10.1. The summed E-state index contributed by atoms with van der Waals surface area (Å²) in [4.78, 5) is 23.2. The molecule has 0 unspecified atom stereocenters. The van der Waals surface area contributed by atoms with Gasteiger partial charge in [-0.1, -0.05) is 6.07 Å². The molecule has 94 valence electrons. The van der Waals surface area contributed by atoms with Crippen LogP contribution in [0, 0.1) is 0 Å². The summed E-state index contributed by atoms with van der Waals surface area (Å²) in [5.41, 5.74) is 1.50. The van der Waals surface area contributed by atoms with Crippen molar-refractivity contribution >= 4 is 16.8 Å². The number of imidazole rings is 1. The van der Waals surface area contributed by atoms with E-state index >= 15 is 0 Å². The predicted molar refractivity (Wildman–Crippen MR) is 71.5 cm³/mol. The third-order valence-corrected chi connectivity index (χ3v) is 2.84. The second-order valence-corrected chi connectivity index (χ2v) is 4.13. The normalized spacial score (nSPS) is 10.5. The van der Waals surface area contributed by atoms with Gasteiger partial charge in [0.1, 0.15) is 5.82 Å². The van der Waals surface area contributed by atoms with E-state index in [9.17, 15) is 4.79 Å². The molecule has 0 saturated heterocycles. The molecular formula is C14H12N4O. The highest BCUT2D eigenvalue weighted by Crippen LogP contribution is 2.13. The third-order valence-electron chi connectivity index (χ3n) is 2.84. The number of hydrogen-bond acceptors (Lipinski definition) is 3. The Morgan fingerprint density at radius 1 is 1.21 bits per heavy atom. The van der Waals surface area contributed by atoms with Crippen LogP contribution in [0.4, 0.5) is 0 Å². The average Bonchev–Trinajstić information content (AvgIpc) is 2.97. The Balaban J connectivity index is 1.77. The van der Waals surface area contributed by atoms with E-state index in [1.165, 1.54) is 0 Å². The highest BCUT2D eigenvalue weighted by molar-refractivity contribution is 5.97. The lowest BCUT2D eigenvalue weighted by atomic mass is 10.1. The fraction of sp³-hybridized carbons (Fsp3) is 0.0714. The molecule has 0 aliphatic heterocycles. The smallest absolute Gasteiger partial charge is 0.251 e. The monoisotopic (exact) mass is 252 g/mol. The van der Waals surface area contributed by atoms with Crippen molar-refractivity contribution in [1.29, 1.82) is 0 Å². The van der Waals surface area contributed by atoms with Crippen LogP contribution in [0.3, 0.4) is 0 Å². The molecule has 1 amide bonds. The molecule has 2 N–H and O–H groups in total. The Morgan fingerprint density at radius 3 is 3.00 bits per heavy atom. The number of amides is 1. The fourth-order valence-corrected chi connectivity index (χ4v) is 1.88. The van der Waals surface area contributed by atoms with Crippen molar-refractivity contribution in [2.24, 2.45) is 0 Å². The first-order valence-electron chi connectivity index (χ1n) is 5.94. The summed E-state index contributed by atoms with van der Waals surface area (Å²) in [5, 5.41) is 3.76. The van der Waals surface area contributed by atoms with E-state index in [1.807, 2.05) is 24.3 Å². The van der Waals surface area contributed by atoms with E-state index in [1.54, 1.807) is 24.7 Å². The molecule has 19 heavy (non-hydrogen) atoms.